The van der Waals surface area contributed by atoms with Gasteiger partial charge in [-0.25, -0.2) is 0 Å². The quantitative estimate of drug-likeness (QED) is 0.889. The molecular formula is C15H17ClN2. The Morgan fingerprint density at radius 2 is 1.67 bits per heavy atom. The number of halogens is 1. The summed E-state index contributed by atoms with van der Waals surface area (Å²) in [5, 5.41) is 3.44. The molecule has 2 aromatic rings. The van der Waals surface area contributed by atoms with Gasteiger partial charge in [0, 0.05) is 19.6 Å². The van der Waals surface area contributed by atoms with Crippen molar-refractivity contribution in [1.29, 1.82) is 0 Å². The molecule has 3 heteroatoms. The summed E-state index contributed by atoms with van der Waals surface area (Å²) in [5.74, 6) is 0. The van der Waals surface area contributed by atoms with Crippen molar-refractivity contribution in [3.8, 4) is 0 Å². The van der Waals surface area contributed by atoms with Gasteiger partial charge in [-0.05, 0) is 17.7 Å². The predicted molar refractivity (Wildman–Crippen MR) is 79.7 cm³/mol. The van der Waals surface area contributed by atoms with Gasteiger partial charge in [0.1, 0.15) is 0 Å². The van der Waals surface area contributed by atoms with Crippen molar-refractivity contribution in [3.63, 3.8) is 0 Å². The number of rotatable bonds is 2. The number of hydrogen-bond donors (Lipinski definition) is 1. The maximum atomic E-state index is 3.44. The van der Waals surface area contributed by atoms with E-state index >= 15 is 0 Å². The van der Waals surface area contributed by atoms with Gasteiger partial charge in [-0.1, -0.05) is 42.5 Å². The summed E-state index contributed by atoms with van der Waals surface area (Å²) in [6.07, 6.45) is 0. The minimum atomic E-state index is 0. The van der Waals surface area contributed by atoms with Crippen LogP contribution in [0.15, 0.2) is 54.6 Å². The molecule has 0 spiro atoms. The lowest BCUT2D eigenvalue weighted by Gasteiger charge is -2.32. The number of para-hydroxylation sites is 2. The van der Waals surface area contributed by atoms with Gasteiger partial charge >= 0.3 is 0 Å². The van der Waals surface area contributed by atoms with Crippen molar-refractivity contribution in [3.05, 3.63) is 60.2 Å². The molecule has 18 heavy (non-hydrogen) atoms. The molecule has 94 valence electrons. The SMILES string of the molecule is Cl.c1ccc(CN2CCNc3ccccc32)cc1. The van der Waals surface area contributed by atoms with Crippen LogP contribution in [0.5, 0.6) is 0 Å². The lowest BCUT2D eigenvalue weighted by atomic mass is 10.1. The normalized spacial score (nSPS) is 13.2. The first-order valence-corrected chi connectivity index (χ1v) is 6.05. The van der Waals surface area contributed by atoms with Gasteiger partial charge in [0.15, 0.2) is 0 Å². The van der Waals surface area contributed by atoms with Crippen LogP contribution in [0.4, 0.5) is 11.4 Å². The topological polar surface area (TPSA) is 15.3 Å². The molecule has 0 unspecified atom stereocenters. The molecule has 2 nitrogen and oxygen atoms in total. The highest BCUT2D eigenvalue weighted by atomic mass is 35.5. The fourth-order valence-electron chi connectivity index (χ4n) is 2.31. The van der Waals surface area contributed by atoms with Crippen LogP contribution in [0.1, 0.15) is 5.56 Å². The molecule has 1 aliphatic rings. The Morgan fingerprint density at radius 3 is 2.50 bits per heavy atom. The van der Waals surface area contributed by atoms with Crippen molar-refractivity contribution in [2.45, 2.75) is 6.54 Å². The number of anilines is 2. The van der Waals surface area contributed by atoms with Crippen LogP contribution in [0, 0.1) is 0 Å². The van der Waals surface area contributed by atoms with Crippen LogP contribution in [0.25, 0.3) is 0 Å². The van der Waals surface area contributed by atoms with Gasteiger partial charge in [-0.3, -0.25) is 0 Å². The number of benzene rings is 2. The maximum Gasteiger partial charge on any atom is 0.0605 e. The van der Waals surface area contributed by atoms with Crippen LogP contribution < -0.4 is 10.2 Å². The largest absolute Gasteiger partial charge is 0.382 e. The minimum absolute atomic E-state index is 0. The molecule has 0 bridgehead atoms. The third-order valence-corrected chi connectivity index (χ3v) is 3.16. The molecule has 1 aliphatic heterocycles. The maximum absolute atomic E-state index is 3.44. The van der Waals surface area contributed by atoms with E-state index in [0.717, 1.165) is 19.6 Å². The number of nitrogens with zero attached hydrogens (tertiary/aromatic N) is 1. The van der Waals surface area contributed by atoms with E-state index in [-0.39, 0.29) is 12.4 Å². The lowest BCUT2D eigenvalue weighted by Crippen LogP contribution is -2.33. The zero-order valence-corrected chi connectivity index (χ0v) is 11.0. The van der Waals surface area contributed by atoms with E-state index in [1.54, 1.807) is 0 Å². The number of fused-ring (bicyclic) bond motifs is 1. The van der Waals surface area contributed by atoms with E-state index in [4.69, 9.17) is 0 Å². The molecule has 1 N–H and O–H groups in total. The first-order valence-electron chi connectivity index (χ1n) is 6.05. The highest BCUT2D eigenvalue weighted by Gasteiger charge is 2.15. The summed E-state index contributed by atoms with van der Waals surface area (Å²) in [6.45, 7) is 3.06. The third kappa shape index (κ3) is 2.59. The summed E-state index contributed by atoms with van der Waals surface area (Å²) >= 11 is 0. The molecule has 0 aromatic heterocycles. The first kappa shape index (κ1) is 12.8. The molecule has 0 radical (unpaired) electrons. The Bertz CT molecular complexity index is 499. The Balaban J connectivity index is 0.00000120. The molecule has 2 aromatic carbocycles. The summed E-state index contributed by atoms with van der Waals surface area (Å²) in [6, 6.07) is 19.1. The Kier molecular flexibility index (Phi) is 4.11. The Morgan fingerprint density at radius 1 is 0.944 bits per heavy atom. The highest BCUT2D eigenvalue weighted by Crippen LogP contribution is 2.29. The van der Waals surface area contributed by atoms with Crippen LogP contribution in [-0.4, -0.2) is 13.1 Å². The summed E-state index contributed by atoms with van der Waals surface area (Å²) in [5.41, 5.74) is 3.92. The Labute approximate surface area is 114 Å². The average molecular weight is 261 g/mol. The second kappa shape index (κ2) is 5.78. The third-order valence-electron chi connectivity index (χ3n) is 3.16. The molecule has 0 fully saturated rings. The molecule has 0 saturated carbocycles. The Hall–Kier alpha value is -1.67. The van der Waals surface area contributed by atoms with E-state index in [0.29, 0.717) is 0 Å². The van der Waals surface area contributed by atoms with Crippen molar-refractivity contribution in [2.24, 2.45) is 0 Å². The van der Waals surface area contributed by atoms with E-state index in [1.165, 1.54) is 16.9 Å². The average Bonchev–Trinajstić information content (AvgIpc) is 2.40. The second-order valence-electron chi connectivity index (χ2n) is 4.35. The van der Waals surface area contributed by atoms with Crippen molar-refractivity contribution in [2.75, 3.05) is 23.3 Å². The van der Waals surface area contributed by atoms with Gasteiger partial charge in [-0.2, -0.15) is 0 Å². The molecular weight excluding hydrogens is 244 g/mol. The predicted octanol–water partition coefficient (Wildman–Crippen LogP) is 3.54. The molecule has 3 rings (SSSR count). The summed E-state index contributed by atoms with van der Waals surface area (Å²) < 4.78 is 0. The van der Waals surface area contributed by atoms with E-state index in [2.05, 4.69) is 64.8 Å². The van der Waals surface area contributed by atoms with Crippen LogP contribution in [0.2, 0.25) is 0 Å². The number of hydrogen-bond acceptors (Lipinski definition) is 2. The zero-order chi connectivity index (χ0) is 11.5. The first-order chi connectivity index (χ1) is 8.43. The minimum Gasteiger partial charge on any atom is -0.382 e. The lowest BCUT2D eigenvalue weighted by molar-refractivity contribution is 0.787. The fraction of sp³-hybridized carbons (Fsp3) is 0.200. The smallest absolute Gasteiger partial charge is 0.0605 e. The van der Waals surface area contributed by atoms with Crippen molar-refractivity contribution in [1.82, 2.24) is 0 Å². The van der Waals surface area contributed by atoms with Gasteiger partial charge in [-0.15, -0.1) is 12.4 Å². The molecule has 0 aliphatic carbocycles. The van der Waals surface area contributed by atoms with Gasteiger partial charge in [0.2, 0.25) is 0 Å². The molecule has 0 saturated heterocycles. The standard InChI is InChI=1S/C15H16N2.ClH/c1-2-6-13(7-3-1)12-17-11-10-16-14-8-4-5-9-15(14)17;/h1-9,16H,10-12H2;1H. The number of nitrogens with one attached hydrogen (secondary N) is 1. The van der Waals surface area contributed by atoms with Gasteiger partial charge in [0.05, 0.1) is 11.4 Å². The van der Waals surface area contributed by atoms with Crippen molar-refractivity contribution < 1.29 is 0 Å². The monoisotopic (exact) mass is 260 g/mol. The molecule has 0 amide bonds. The summed E-state index contributed by atoms with van der Waals surface area (Å²) in [7, 11) is 0. The van der Waals surface area contributed by atoms with E-state index < -0.39 is 0 Å². The van der Waals surface area contributed by atoms with Crippen molar-refractivity contribution >= 4 is 23.8 Å². The zero-order valence-electron chi connectivity index (χ0n) is 10.2. The summed E-state index contributed by atoms with van der Waals surface area (Å²) in [4.78, 5) is 2.43. The van der Waals surface area contributed by atoms with E-state index in [1.807, 2.05) is 0 Å². The van der Waals surface area contributed by atoms with Gasteiger partial charge < -0.3 is 10.2 Å². The second-order valence-corrected chi connectivity index (χ2v) is 4.35. The highest BCUT2D eigenvalue weighted by molar-refractivity contribution is 5.85. The fourth-order valence-corrected chi connectivity index (χ4v) is 2.31. The van der Waals surface area contributed by atoms with Crippen LogP contribution >= 0.6 is 12.4 Å². The molecule has 1 heterocycles. The van der Waals surface area contributed by atoms with Crippen LogP contribution in [0.3, 0.4) is 0 Å². The van der Waals surface area contributed by atoms with Gasteiger partial charge in [0.25, 0.3) is 0 Å². The van der Waals surface area contributed by atoms with E-state index in [9.17, 15) is 0 Å². The van der Waals surface area contributed by atoms with Crippen LogP contribution in [-0.2, 0) is 6.54 Å². The molecule has 0 atom stereocenters.